The Morgan fingerprint density at radius 3 is 2.18 bits per heavy atom. The van der Waals surface area contributed by atoms with Crippen LogP contribution in [0.3, 0.4) is 0 Å². The predicted octanol–water partition coefficient (Wildman–Crippen LogP) is 3.82. The Hall–Kier alpha value is -0.600. The van der Waals surface area contributed by atoms with Crippen molar-refractivity contribution in [1.29, 1.82) is 0 Å². The zero-order valence-corrected chi connectivity index (χ0v) is 11.4. The first kappa shape index (κ1) is 12.8. The lowest BCUT2D eigenvalue weighted by atomic mass is 10.0. The molecule has 1 nitrogen and oxygen atoms in total. The molecule has 0 amide bonds. The van der Waals surface area contributed by atoms with Crippen molar-refractivity contribution in [2.75, 3.05) is 0 Å². The first-order valence-corrected chi connectivity index (χ1v) is 6.59. The van der Waals surface area contributed by atoms with E-state index in [0.717, 1.165) is 2.88 Å². The van der Waals surface area contributed by atoms with Crippen LogP contribution in [-0.4, -0.2) is 0 Å². The van der Waals surface area contributed by atoms with Gasteiger partial charge in [-0.3, -0.25) is 0 Å². The highest BCUT2D eigenvalue weighted by atomic mass is 127. The normalized spacial score (nSPS) is 12.8. The molecule has 0 aliphatic heterocycles. The maximum Gasteiger partial charge on any atom is 0.134 e. The molecule has 1 aromatic heterocycles. The standard InChI is InChI=1S/C11H7F3INS/c12-6-2-7(13)10(8(14)3-6)11(16)5-1-9(15)17-4-5/h1-4,11H,16H2. The van der Waals surface area contributed by atoms with Gasteiger partial charge in [-0.1, -0.05) is 0 Å². The maximum atomic E-state index is 13.5. The van der Waals surface area contributed by atoms with Gasteiger partial charge < -0.3 is 5.73 Å². The van der Waals surface area contributed by atoms with Crippen LogP contribution in [0.5, 0.6) is 0 Å². The lowest BCUT2D eigenvalue weighted by Gasteiger charge is -2.12. The third kappa shape index (κ3) is 2.63. The molecule has 2 aromatic rings. The van der Waals surface area contributed by atoms with Crippen LogP contribution in [0.2, 0.25) is 0 Å². The lowest BCUT2D eigenvalue weighted by molar-refractivity contribution is 0.515. The van der Waals surface area contributed by atoms with Gasteiger partial charge in [0.15, 0.2) is 0 Å². The van der Waals surface area contributed by atoms with E-state index in [1.165, 1.54) is 11.3 Å². The number of nitrogens with two attached hydrogens (primary N) is 1. The largest absolute Gasteiger partial charge is 0.320 e. The summed E-state index contributed by atoms with van der Waals surface area (Å²) in [5.74, 6) is -2.87. The zero-order chi connectivity index (χ0) is 12.6. The first-order chi connectivity index (χ1) is 7.99. The summed E-state index contributed by atoms with van der Waals surface area (Å²) in [4.78, 5) is 0. The van der Waals surface area contributed by atoms with Crippen LogP contribution >= 0.6 is 33.9 Å². The van der Waals surface area contributed by atoms with Crippen molar-refractivity contribution in [3.05, 3.63) is 55.0 Å². The summed E-state index contributed by atoms with van der Waals surface area (Å²) in [7, 11) is 0. The minimum Gasteiger partial charge on any atom is -0.320 e. The van der Waals surface area contributed by atoms with Crippen molar-refractivity contribution in [3.8, 4) is 0 Å². The number of hydrogen-bond donors (Lipinski definition) is 1. The SMILES string of the molecule is NC(c1csc(I)c1)c1c(F)cc(F)cc1F. The summed E-state index contributed by atoms with van der Waals surface area (Å²) in [6, 6.07) is 2.10. The molecule has 0 fully saturated rings. The van der Waals surface area contributed by atoms with Gasteiger partial charge in [-0.25, -0.2) is 13.2 Å². The molecule has 0 saturated carbocycles. The molecule has 2 N–H and O–H groups in total. The molecule has 90 valence electrons. The van der Waals surface area contributed by atoms with E-state index < -0.39 is 23.5 Å². The summed E-state index contributed by atoms with van der Waals surface area (Å²) < 4.78 is 40.7. The molecule has 1 heterocycles. The van der Waals surface area contributed by atoms with Gasteiger partial charge in [-0.05, 0) is 39.6 Å². The van der Waals surface area contributed by atoms with Crippen LogP contribution in [0.25, 0.3) is 0 Å². The van der Waals surface area contributed by atoms with Crippen molar-refractivity contribution >= 4 is 33.9 Å². The van der Waals surface area contributed by atoms with Gasteiger partial charge in [-0.15, -0.1) is 11.3 Å². The Balaban J connectivity index is 2.47. The molecule has 1 atom stereocenters. The van der Waals surface area contributed by atoms with E-state index in [1.54, 1.807) is 11.4 Å². The van der Waals surface area contributed by atoms with Crippen LogP contribution in [0.4, 0.5) is 13.2 Å². The van der Waals surface area contributed by atoms with Gasteiger partial charge in [0.1, 0.15) is 17.5 Å². The van der Waals surface area contributed by atoms with E-state index in [9.17, 15) is 13.2 Å². The quantitative estimate of drug-likeness (QED) is 0.801. The van der Waals surface area contributed by atoms with Crippen molar-refractivity contribution in [2.24, 2.45) is 5.73 Å². The Bertz CT molecular complexity index is 532. The van der Waals surface area contributed by atoms with Gasteiger partial charge in [0.25, 0.3) is 0 Å². The van der Waals surface area contributed by atoms with Crippen LogP contribution in [0.1, 0.15) is 17.2 Å². The molecule has 1 unspecified atom stereocenters. The summed E-state index contributed by atoms with van der Waals surface area (Å²) in [5.41, 5.74) is 6.09. The second-order valence-corrected chi connectivity index (χ2v) is 6.25. The Labute approximate surface area is 114 Å². The topological polar surface area (TPSA) is 26.0 Å². The number of rotatable bonds is 2. The van der Waals surface area contributed by atoms with Gasteiger partial charge in [0.05, 0.1) is 8.93 Å². The van der Waals surface area contributed by atoms with Crippen LogP contribution in [0.15, 0.2) is 23.6 Å². The molecule has 6 heteroatoms. The van der Waals surface area contributed by atoms with E-state index in [1.807, 2.05) is 0 Å². The number of hydrogen-bond acceptors (Lipinski definition) is 2. The summed E-state index contributed by atoms with van der Waals surface area (Å²) in [6.45, 7) is 0. The average molecular weight is 369 g/mol. The Morgan fingerprint density at radius 2 is 1.71 bits per heavy atom. The molecule has 0 aliphatic carbocycles. The Kier molecular flexibility index (Phi) is 3.74. The highest BCUT2D eigenvalue weighted by molar-refractivity contribution is 14.1. The zero-order valence-electron chi connectivity index (χ0n) is 8.38. The number of halogens is 4. The van der Waals surface area contributed by atoms with Crippen molar-refractivity contribution in [2.45, 2.75) is 6.04 Å². The molecule has 2 rings (SSSR count). The van der Waals surface area contributed by atoms with Crippen molar-refractivity contribution in [1.82, 2.24) is 0 Å². The van der Waals surface area contributed by atoms with Gasteiger partial charge in [0, 0.05) is 17.7 Å². The van der Waals surface area contributed by atoms with Crippen LogP contribution in [-0.2, 0) is 0 Å². The fourth-order valence-electron chi connectivity index (χ4n) is 1.50. The van der Waals surface area contributed by atoms with E-state index in [0.29, 0.717) is 17.7 Å². The molecule has 17 heavy (non-hydrogen) atoms. The number of thiophene rings is 1. The third-order valence-corrected chi connectivity index (χ3v) is 4.11. The molecule has 0 saturated heterocycles. The maximum absolute atomic E-state index is 13.5. The monoisotopic (exact) mass is 369 g/mol. The smallest absolute Gasteiger partial charge is 0.134 e. The van der Waals surface area contributed by atoms with Crippen molar-refractivity contribution in [3.63, 3.8) is 0 Å². The highest BCUT2D eigenvalue weighted by Gasteiger charge is 2.20. The van der Waals surface area contributed by atoms with Crippen LogP contribution < -0.4 is 5.73 Å². The van der Waals surface area contributed by atoms with Crippen LogP contribution in [0, 0.1) is 20.3 Å². The number of benzene rings is 1. The minimum atomic E-state index is -0.962. The van der Waals surface area contributed by atoms with E-state index in [4.69, 9.17) is 5.73 Å². The second kappa shape index (κ2) is 4.95. The van der Waals surface area contributed by atoms with Gasteiger partial charge >= 0.3 is 0 Å². The Morgan fingerprint density at radius 1 is 1.12 bits per heavy atom. The fourth-order valence-corrected chi connectivity index (χ4v) is 2.91. The third-order valence-electron chi connectivity index (χ3n) is 2.30. The highest BCUT2D eigenvalue weighted by Crippen LogP contribution is 2.29. The molecular weight excluding hydrogens is 362 g/mol. The molecule has 0 spiro atoms. The lowest BCUT2D eigenvalue weighted by Crippen LogP contribution is -2.15. The summed E-state index contributed by atoms with van der Waals surface area (Å²) in [5, 5.41) is 1.73. The first-order valence-electron chi connectivity index (χ1n) is 4.63. The molecule has 0 bridgehead atoms. The molecular formula is C11H7F3INS. The van der Waals surface area contributed by atoms with E-state index >= 15 is 0 Å². The van der Waals surface area contributed by atoms with E-state index in [2.05, 4.69) is 22.6 Å². The van der Waals surface area contributed by atoms with Crippen molar-refractivity contribution < 1.29 is 13.2 Å². The average Bonchev–Trinajstić information content (AvgIpc) is 2.63. The summed E-state index contributed by atoms with van der Waals surface area (Å²) >= 11 is 3.52. The van der Waals surface area contributed by atoms with Gasteiger partial charge in [0.2, 0.25) is 0 Å². The summed E-state index contributed by atoms with van der Waals surface area (Å²) in [6.07, 6.45) is 0. The predicted molar refractivity (Wildman–Crippen MR) is 69.4 cm³/mol. The molecule has 0 radical (unpaired) electrons. The molecule has 0 aliphatic rings. The molecule has 1 aromatic carbocycles. The van der Waals surface area contributed by atoms with Gasteiger partial charge in [-0.2, -0.15) is 0 Å². The minimum absolute atomic E-state index is 0.305. The fraction of sp³-hybridized carbons (Fsp3) is 0.0909. The van der Waals surface area contributed by atoms with E-state index in [-0.39, 0.29) is 5.56 Å². The second-order valence-electron chi connectivity index (χ2n) is 3.44.